The number of ether oxygens (including phenoxy) is 1. The van der Waals surface area contributed by atoms with Crippen LogP contribution in [0.25, 0.3) is 0 Å². The van der Waals surface area contributed by atoms with Crippen molar-refractivity contribution < 1.29 is 14.3 Å². The van der Waals surface area contributed by atoms with Gasteiger partial charge in [-0.05, 0) is 55.7 Å². The Morgan fingerprint density at radius 1 is 1.18 bits per heavy atom. The van der Waals surface area contributed by atoms with Crippen LogP contribution in [0, 0.1) is 11.8 Å². The zero-order chi connectivity index (χ0) is 23.2. The van der Waals surface area contributed by atoms with Gasteiger partial charge in [-0.1, -0.05) is 31.4 Å². The summed E-state index contributed by atoms with van der Waals surface area (Å²) in [6.07, 6.45) is 9.07. The number of rotatable bonds is 10. The molecule has 0 bridgehead atoms. The lowest BCUT2D eigenvalue weighted by atomic mass is 9.88. The van der Waals surface area contributed by atoms with Crippen LogP contribution in [0.3, 0.4) is 0 Å². The van der Waals surface area contributed by atoms with Gasteiger partial charge in [0.1, 0.15) is 11.8 Å². The van der Waals surface area contributed by atoms with Gasteiger partial charge in [-0.15, -0.1) is 0 Å². The second kappa shape index (κ2) is 11.3. The van der Waals surface area contributed by atoms with Crippen molar-refractivity contribution in [2.75, 3.05) is 33.3 Å². The molecule has 2 atom stereocenters. The van der Waals surface area contributed by atoms with E-state index < -0.39 is 6.04 Å². The molecule has 1 aromatic carbocycles. The Hall–Kier alpha value is -2.12. The summed E-state index contributed by atoms with van der Waals surface area (Å²) in [7, 11) is 1.70. The topological polar surface area (TPSA) is 87.9 Å². The maximum Gasteiger partial charge on any atom is 0.242 e. The van der Waals surface area contributed by atoms with Crippen molar-refractivity contribution in [2.24, 2.45) is 17.6 Å². The second-order valence-electron chi connectivity index (χ2n) is 10.0. The highest BCUT2D eigenvalue weighted by atomic mass is 16.5. The summed E-state index contributed by atoms with van der Waals surface area (Å²) in [5, 5.41) is 2.93. The van der Waals surface area contributed by atoms with Crippen molar-refractivity contribution in [2.45, 2.75) is 70.0 Å². The van der Waals surface area contributed by atoms with Gasteiger partial charge in [0.2, 0.25) is 11.8 Å². The summed E-state index contributed by atoms with van der Waals surface area (Å²) in [4.78, 5) is 30.5. The van der Waals surface area contributed by atoms with E-state index >= 15 is 0 Å². The first-order valence-corrected chi connectivity index (χ1v) is 12.7. The summed E-state index contributed by atoms with van der Waals surface area (Å²) in [5.41, 5.74) is 6.81. The third-order valence-electron chi connectivity index (χ3n) is 7.49. The molecule has 7 nitrogen and oxygen atoms in total. The Kier molecular flexibility index (Phi) is 8.25. The number of nitrogens with zero attached hydrogens (tertiary/aromatic N) is 2. The van der Waals surface area contributed by atoms with Crippen LogP contribution in [0.2, 0.25) is 0 Å². The molecule has 2 saturated carbocycles. The largest absolute Gasteiger partial charge is 0.497 e. The molecule has 182 valence electrons. The molecule has 3 aliphatic rings. The highest BCUT2D eigenvalue weighted by Crippen LogP contribution is 2.35. The molecule has 2 aliphatic carbocycles. The third kappa shape index (κ3) is 6.27. The lowest BCUT2D eigenvalue weighted by Gasteiger charge is -2.34. The van der Waals surface area contributed by atoms with Gasteiger partial charge in [-0.3, -0.25) is 14.5 Å². The molecule has 2 unspecified atom stereocenters. The van der Waals surface area contributed by atoms with Crippen molar-refractivity contribution >= 4 is 11.8 Å². The maximum atomic E-state index is 13.1. The molecule has 33 heavy (non-hydrogen) atoms. The summed E-state index contributed by atoms with van der Waals surface area (Å²) in [5.74, 6) is 1.75. The zero-order valence-corrected chi connectivity index (χ0v) is 20.0. The Balaban J connectivity index is 1.53. The van der Waals surface area contributed by atoms with E-state index in [-0.39, 0.29) is 23.8 Å². The number of nitrogens with one attached hydrogen (secondary N) is 1. The van der Waals surface area contributed by atoms with E-state index in [4.69, 9.17) is 10.5 Å². The van der Waals surface area contributed by atoms with E-state index in [1.165, 1.54) is 37.7 Å². The fraction of sp³-hybridized carbons (Fsp3) is 0.692. The van der Waals surface area contributed by atoms with Gasteiger partial charge in [0.15, 0.2) is 0 Å². The number of amides is 2. The van der Waals surface area contributed by atoms with Crippen LogP contribution in [-0.2, 0) is 16.1 Å². The first-order valence-electron chi connectivity index (χ1n) is 12.7. The average molecular weight is 457 g/mol. The van der Waals surface area contributed by atoms with Crippen molar-refractivity contribution in [3.8, 4) is 5.75 Å². The van der Waals surface area contributed by atoms with Gasteiger partial charge in [0.25, 0.3) is 0 Å². The Morgan fingerprint density at radius 3 is 2.67 bits per heavy atom. The van der Waals surface area contributed by atoms with Crippen LogP contribution in [0.4, 0.5) is 0 Å². The zero-order valence-electron chi connectivity index (χ0n) is 20.0. The highest BCUT2D eigenvalue weighted by Gasteiger charge is 2.45. The first-order chi connectivity index (χ1) is 16.1. The van der Waals surface area contributed by atoms with E-state index in [2.05, 4.69) is 22.3 Å². The fourth-order valence-corrected chi connectivity index (χ4v) is 5.50. The Labute approximate surface area is 198 Å². The molecule has 3 fully saturated rings. The minimum atomic E-state index is -0.395. The molecule has 1 saturated heterocycles. The van der Waals surface area contributed by atoms with Crippen molar-refractivity contribution in [3.63, 3.8) is 0 Å². The molecule has 4 rings (SSSR count). The van der Waals surface area contributed by atoms with E-state index in [0.29, 0.717) is 32.0 Å². The van der Waals surface area contributed by atoms with Crippen LogP contribution in [-0.4, -0.2) is 67.0 Å². The van der Waals surface area contributed by atoms with Crippen molar-refractivity contribution in [3.05, 3.63) is 29.8 Å². The molecule has 0 spiro atoms. The van der Waals surface area contributed by atoms with Crippen molar-refractivity contribution in [1.82, 2.24) is 15.1 Å². The first kappa shape index (κ1) is 24.0. The number of likely N-dealkylation sites (tertiary alicyclic amines) is 1. The van der Waals surface area contributed by atoms with E-state index in [1.54, 1.807) is 7.11 Å². The number of hydrogen-bond donors (Lipinski definition) is 2. The van der Waals surface area contributed by atoms with Crippen LogP contribution < -0.4 is 15.8 Å². The summed E-state index contributed by atoms with van der Waals surface area (Å²) in [6.45, 7) is 3.31. The number of carbonyl (C=O) groups excluding carboxylic acids is 2. The predicted octanol–water partition coefficient (Wildman–Crippen LogP) is 2.53. The standard InChI is InChI=1S/C26H40N4O3/c1-33-23-9-5-8-20(14-23)17-29(16-19-6-3-2-4-7-19)22-15-24(25(31)28-13-12-27)30(18-22)26(32)21-10-11-21/h5,8-9,14,19,21-22,24H,2-4,6-7,10-13,15-18,27H2,1H3,(H,28,31). The number of benzene rings is 1. The molecule has 1 aliphatic heterocycles. The molecule has 1 heterocycles. The Morgan fingerprint density at radius 2 is 1.97 bits per heavy atom. The molecular formula is C26H40N4O3. The van der Waals surface area contributed by atoms with Crippen molar-refractivity contribution in [1.29, 1.82) is 0 Å². The second-order valence-corrected chi connectivity index (χ2v) is 10.0. The van der Waals surface area contributed by atoms with Gasteiger partial charge in [-0.25, -0.2) is 0 Å². The van der Waals surface area contributed by atoms with E-state index in [9.17, 15) is 9.59 Å². The van der Waals surface area contributed by atoms with Crippen LogP contribution >= 0.6 is 0 Å². The molecule has 7 heteroatoms. The molecule has 1 aromatic rings. The molecule has 0 radical (unpaired) electrons. The number of carbonyl (C=O) groups is 2. The minimum Gasteiger partial charge on any atom is -0.497 e. The van der Waals surface area contributed by atoms with Gasteiger partial charge in [-0.2, -0.15) is 0 Å². The minimum absolute atomic E-state index is 0.0593. The molecule has 2 amide bonds. The SMILES string of the molecule is COc1cccc(CN(CC2CCCCC2)C2CC(C(=O)NCCN)N(C(=O)C3CC3)C2)c1. The van der Waals surface area contributed by atoms with E-state index in [1.807, 2.05) is 17.0 Å². The van der Waals surface area contributed by atoms with Gasteiger partial charge >= 0.3 is 0 Å². The van der Waals surface area contributed by atoms with Crippen LogP contribution in [0.5, 0.6) is 5.75 Å². The molecular weight excluding hydrogens is 416 g/mol. The monoisotopic (exact) mass is 456 g/mol. The maximum absolute atomic E-state index is 13.1. The summed E-state index contributed by atoms with van der Waals surface area (Å²) in [6, 6.07) is 8.03. The number of hydrogen-bond acceptors (Lipinski definition) is 5. The van der Waals surface area contributed by atoms with Crippen LogP contribution in [0.1, 0.15) is 56.9 Å². The fourth-order valence-electron chi connectivity index (χ4n) is 5.50. The quantitative estimate of drug-likeness (QED) is 0.565. The normalized spacial score (nSPS) is 23.7. The van der Waals surface area contributed by atoms with Crippen LogP contribution in [0.15, 0.2) is 24.3 Å². The molecule has 0 aromatic heterocycles. The number of methoxy groups -OCH3 is 1. The number of nitrogens with two attached hydrogens (primary N) is 1. The van der Waals surface area contributed by atoms with Gasteiger partial charge < -0.3 is 20.7 Å². The van der Waals surface area contributed by atoms with E-state index in [0.717, 1.165) is 31.7 Å². The van der Waals surface area contributed by atoms with Gasteiger partial charge in [0, 0.05) is 44.7 Å². The highest BCUT2D eigenvalue weighted by molar-refractivity contribution is 5.90. The predicted molar refractivity (Wildman–Crippen MR) is 129 cm³/mol. The van der Waals surface area contributed by atoms with Gasteiger partial charge in [0.05, 0.1) is 7.11 Å². The summed E-state index contributed by atoms with van der Waals surface area (Å²) >= 11 is 0. The smallest absolute Gasteiger partial charge is 0.242 e. The summed E-state index contributed by atoms with van der Waals surface area (Å²) < 4.78 is 5.45. The third-order valence-corrected chi connectivity index (χ3v) is 7.49. The Bertz CT molecular complexity index is 806. The lowest BCUT2D eigenvalue weighted by molar-refractivity contribution is -0.139. The lowest BCUT2D eigenvalue weighted by Crippen LogP contribution is -2.47. The molecule has 3 N–H and O–H groups in total. The average Bonchev–Trinajstić information content (AvgIpc) is 3.60.